The van der Waals surface area contributed by atoms with Crippen LogP contribution in [0.4, 0.5) is 0 Å². The van der Waals surface area contributed by atoms with Crippen LogP contribution >= 0.6 is 0 Å². The second-order valence-corrected chi connectivity index (χ2v) is 5.67. The van der Waals surface area contributed by atoms with Gasteiger partial charge in [0.25, 0.3) is 0 Å². The maximum absolute atomic E-state index is 11.0. The van der Waals surface area contributed by atoms with Crippen LogP contribution in [0.1, 0.15) is 0 Å². The molecule has 0 aromatic carbocycles. The molecule has 0 amide bonds. The van der Waals surface area contributed by atoms with E-state index in [0.29, 0.717) is 0 Å². The minimum absolute atomic E-state index is 0. The molecule has 154 valence electrons. The van der Waals surface area contributed by atoms with E-state index in [1.165, 1.54) is 4.90 Å². The van der Waals surface area contributed by atoms with Crippen molar-refractivity contribution in [1.82, 2.24) is 14.7 Å². The molecule has 0 bridgehead atoms. The second-order valence-electron chi connectivity index (χ2n) is 5.67. The van der Waals surface area contributed by atoms with Crippen LogP contribution in [-0.2, 0) is 56.7 Å². The zero-order chi connectivity index (χ0) is 21.0. The van der Waals surface area contributed by atoms with Crippen molar-refractivity contribution in [3.05, 3.63) is 0 Å². The molecule has 0 aliphatic rings. The molecule has 0 fully saturated rings. The maximum atomic E-state index is 11.0. The van der Waals surface area contributed by atoms with Gasteiger partial charge in [0, 0.05) is 26.2 Å². The van der Waals surface area contributed by atoms with Crippen LogP contribution in [-0.4, -0.2) is 129 Å². The van der Waals surface area contributed by atoms with Crippen LogP contribution in [0, 0.1) is 0 Å². The third-order valence-electron chi connectivity index (χ3n) is 3.26. The minimum Gasteiger partial charge on any atom is -0.480 e. The van der Waals surface area contributed by atoms with Crippen LogP contribution in [0.5, 0.6) is 0 Å². The van der Waals surface area contributed by atoms with Gasteiger partial charge in [-0.05, 0) is 0 Å². The summed E-state index contributed by atoms with van der Waals surface area (Å²) in [5, 5.41) is 44.1. The molecule has 0 atom stereocenters. The Morgan fingerprint density at radius 2 is 0.607 bits per heavy atom. The Balaban J connectivity index is 0. The van der Waals surface area contributed by atoms with E-state index in [2.05, 4.69) is 0 Å². The molecule has 28 heavy (non-hydrogen) atoms. The molecular weight excluding hydrogens is 459 g/mol. The molecule has 0 aromatic rings. The van der Waals surface area contributed by atoms with Gasteiger partial charge in [-0.1, -0.05) is 0 Å². The first-order valence-electron chi connectivity index (χ1n) is 7.75. The van der Waals surface area contributed by atoms with Gasteiger partial charge in [-0.2, -0.15) is 0 Å². The van der Waals surface area contributed by atoms with Gasteiger partial charge in [0.1, 0.15) is 0 Å². The monoisotopic (exact) mass is 482 g/mol. The third kappa shape index (κ3) is 16.5. The first kappa shape index (κ1) is 28.5. The minimum atomic E-state index is -1.24. The summed E-state index contributed by atoms with van der Waals surface area (Å²) in [5.74, 6) is -6.16. The Morgan fingerprint density at radius 1 is 0.429 bits per heavy atom. The summed E-state index contributed by atoms with van der Waals surface area (Å²) < 4.78 is 0. The van der Waals surface area contributed by atoms with Gasteiger partial charge in [-0.3, -0.25) is 38.7 Å². The largest absolute Gasteiger partial charge is 3.00 e. The SMILES string of the molecule is O=C(O)CN(CCN(CC(=O)O)CC(=O)O)CCN(CC(=O)O)CC(=O)O.[Y+3]. The summed E-state index contributed by atoms with van der Waals surface area (Å²) >= 11 is 0. The molecule has 0 saturated carbocycles. The third-order valence-corrected chi connectivity index (χ3v) is 3.26. The number of aliphatic carboxylic acids is 5. The first-order valence-corrected chi connectivity index (χ1v) is 7.75. The number of hydrogen-bond donors (Lipinski definition) is 5. The summed E-state index contributed by atoms with van der Waals surface area (Å²) in [5.41, 5.74) is 0. The van der Waals surface area contributed by atoms with E-state index in [1.54, 1.807) is 0 Å². The normalized spacial score (nSPS) is 10.7. The van der Waals surface area contributed by atoms with E-state index < -0.39 is 62.6 Å². The Morgan fingerprint density at radius 3 is 0.821 bits per heavy atom. The number of nitrogens with zero attached hydrogens (tertiary/aromatic N) is 3. The number of carbonyl (C=O) groups is 5. The van der Waals surface area contributed by atoms with Gasteiger partial charge in [0.15, 0.2) is 0 Å². The molecule has 0 saturated heterocycles. The van der Waals surface area contributed by atoms with Crippen LogP contribution in [0.2, 0.25) is 0 Å². The molecular formula is C14H23N3O10Y+3. The number of rotatable bonds is 16. The van der Waals surface area contributed by atoms with Gasteiger partial charge in [-0.15, -0.1) is 0 Å². The van der Waals surface area contributed by atoms with E-state index in [1.807, 2.05) is 0 Å². The molecule has 0 aliphatic carbocycles. The van der Waals surface area contributed by atoms with Crippen LogP contribution < -0.4 is 0 Å². The van der Waals surface area contributed by atoms with E-state index in [-0.39, 0.29) is 58.9 Å². The Kier molecular flexibility index (Phi) is 15.6. The van der Waals surface area contributed by atoms with Crippen molar-refractivity contribution in [2.45, 2.75) is 0 Å². The van der Waals surface area contributed by atoms with Crippen molar-refractivity contribution < 1.29 is 82.2 Å². The predicted octanol–water partition coefficient (Wildman–Crippen LogP) is -2.69. The zero-order valence-electron chi connectivity index (χ0n) is 15.1. The average Bonchev–Trinajstić information content (AvgIpc) is 2.46. The Labute approximate surface area is 185 Å². The molecule has 0 spiro atoms. The van der Waals surface area contributed by atoms with Crippen molar-refractivity contribution in [3.63, 3.8) is 0 Å². The van der Waals surface area contributed by atoms with Crippen molar-refractivity contribution in [3.8, 4) is 0 Å². The molecule has 5 N–H and O–H groups in total. The molecule has 0 unspecified atom stereocenters. The van der Waals surface area contributed by atoms with Crippen molar-refractivity contribution in [2.24, 2.45) is 0 Å². The molecule has 0 aliphatic heterocycles. The van der Waals surface area contributed by atoms with Crippen molar-refractivity contribution in [2.75, 3.05) is 58.9 Å². The van der Waals surface area contributed by atoms with Crippen molar-refractivity contribution >= 4 is 29.8 Å². The molecule has 0 rings (SSSR count). The fraction of sp³-hybridized carbons (Fsp3) is 0.643. The van der Waals surface area contributed by atoms with E-state index in [9.17, 15) is 24.0 Å². The molecule has 0 radical (unpaired) electrons. The van der Waals surface area contributed by atoms with Crippen LogP contribution in [0.15, 0.2) is 0 Å². The fourth-order valence-corrected chi connectivity index (χ4v) is 2.22. The number of carboxylic acid groups (broad SMARTS) is 5. The average molecular weight is 482 g/mol. The van der Waals surface area contributed by atoms with E-state index in [0.717, 1.165) is 9.80 Å². The summed E-state index contributed by atoms with van der Waals surface area (Å²) in [6, 6.07) is 0. The Hall–Kier alpha value is -1.67. The molecule has 14 heteroatoms. The topological polar surface area (TPSA) is 196 Å². The molecule has 0 heterocycles. The summed E-state index contributed by atoms with van der Waals surface area (Å²) in [4.78, 5) is 57.6. The van der Waals surface area contributed by atoms with Gasteiger partial charge in [-0.25, -0.2) is 0 Å². The fourth-order valence-electron chi connectivity index (χ4n) is 2.22. The van der Waals surface area contributed by atoms with Crippen molar-refractivity contribution in [1.29, 1.82) is 0 Å². The van der Waals surface area contributed by atoms with Gasteiger partial charge in [0.05, 0.1) is 32.7 Å². The van der Waals surface area contributed by atoms with Gasteiger partial charge >= 0.3 is 62.6 Å². The van der Waals surface area contributed by atoms with Gasteiger partial charge in [0.2, 0.25) is 0 Å². The smallest absolute Gasteiger partial charge is 0.480 e. The number of carboxylic acids is 5. The van der Waals surface area contributed by atoms with Gasteiger partial charge < -0.3 is 25.5 Å². The molecule has 13 nitrogen and oxygen atoms in total. The van der Waals surface area contributed by atoms with E-state index in [4.69, 9.17) is 25.5 Å². The summed E-state index contributed by atoms with van der Waals surface area (Å²) in [6.07, 6.45) is 0. The summed E-state index contributed by atoms with van der Waals surface area (Å²) in [7, 11) is 0. The van der Waals surface area contributed by atoms with Crippen LogP contribution in [0.25, 0.3) is 0 Å². The van der Waals surface area contributed by atoms with E-state index >= 15 is 0 Å². The first-order chi connectivity index (χ1) is 12.5. The number of hydrogen-bond acceptors (Lipinski definition) is 8. The standard InChI is InChI=1S/C14H23N3O10.Y/c18-10(19)5-15(1-3-16(6-11(20)21)7-12(22)23)2-4-17(8-13(24)25)9-14(26)27;/h1-9H2,(H,18,19)(H,20,21)(H,22,23)(H,24,25)(H,26,27);/q;+3. The zero-order valence-corrected chi connectivity index (χ0v) is 17.9. The predicted molar refractivity (Wildman–Crippen MR) is 87.5 cm³/mol. The summed E-state index contributed by atoms with van der Waals surface area (Å²) in [6.45, 7) is -2.74. The Bertz CT molecular complexity index is 487. The molecule has 0 aromatic heterocycles. The van der Waals surface area contributed by atoms with Crippen LogP contribution in [0.3, 0.4) is 0 Å². The maximum Gasteiger partial charge on any atom is 3.00 e. The second kappa shape index (κ2) is 15.3. The quantitative estimate of drug-likeness (QED) is 0.153.